The van der Waals surface area contributed by atoms with E-state index in [1.807, 2.05) is 24.3 Å². The number of aryl methyl sites for hydroxylation is 2. The van der Waals surface area contributed by atoms with Crippen LogP contribution >= 0.6 is 0 Å². The summed E-state index contributed by atoms with van der Waals surface area (Å²) in [7, 11) is 0. The van der Waals surface area contributed by atoms with Gasteiger partial charge in [-0.1, -0.05) is 18.2 Å². The number of hydrogen-bond donors (Lipinski definition) is 1. The number of carbonyl (C=O) groups is 1. The Morgan fingerprint density at radius 2 is 2.05 bits per heavy atom. The summed E-state index contributed by atoms with van der Waals surface area (Å²) in [5, 5.41) is 3.22. The zero-order chi connectivity index (χ0) is 13.4. The highest BCUT2D eigenvalue weighted by Gasteiger charge is 2.30. The number of esters is 1. The average Bonchev–Trinajstić information content (AvgIpc) is 2.72. The third-order valence-corrected chi connectivity index (χ3v) is 3.35. The molecular formula is C16H13NO2. The van der Waals surface area contributed by atoms with Gasteiger partial charge < -0.3 is 10.1 Å². The van der Waals surface area contributed by atoms with Crippen LogP contribution < -0.4 is 5.32 Å². The summed E-state index contributed by atoms with van der Waals surface area (Å²) in [5.74, 6) is -0.354. The minimum Gasteiger partial charge on any atom is -0.433 e. The molecule has 3 heteroatoms. The molecule has 2 aromatic carbocycles. The SMILES string of the molecule is Cc1ccc(N[C@@H]2OC(=O)c3c#cccc32)cc1C. The van der Waals surface area contributed by atoms with Gasteiger partial charge >= 0.3 is 5.97 Å². The van der Waals surface area contributed by atoms with Gasteiger partial charge in [-0.15, -0.1) is 0 Å². The van der Waals surface area contributed by atoms with Crippen LogP contribution in [0.15, 0.2) is 30.3 Å². The molecule has 1 heterocycles. The minimum absolute atomic E-state index is 0.354. The number of benzene rings is 1. The quantitative estimate of drug-likeness (QED) is 0.833. The van der Waals surface area contributed by atoms with Crippen molar-refractivity contribution in [3.63, 3.8) is 0 Å². The Hall–Kier alpha value is -2.47. The lowest BCUT2D eigenvalue weighted by atomic mass is 10.1. The van der Waals surface area contributed by atoms with Gasteiger partial charge in [-0.2, -0.15) is 0 Å². The lowest BCUT2D eigenvalue weighted by Gasteiger charge is -2.15. The summed E-state index contributed by atoms with van der Waals surface area (Å²) in [6.07, 6.45) is -0.449. The first-order valence-electron chi connectivity index (χ1n) is 6.12. The lowest BCUT2D eigenvalue weighted by molar-refractivity contribution is 0.0437. The Kier molecular flexibility index (Phi) is 2.64. The molecular weight excluding hydrogens is 238 g/mol. The summed E-state index contributed by atoms with van der Waals surface area (Å²) < 4.78 is 5.30. The van der Waals surface area contributed by atoms with Gasteiger partial charge in [-0.25, -0.2) is 4.79 Å². The number of rotatable bonds is 2. The summed E-state index contributed by atoms with van der Waals surface area (Å²) in [6, 6.07) is 15.2. The molecule has 1 atom stereocenters. The zero-order valence-electron chi connectivity index (χ0n) is 10.8. The Morgan fingerprint density at radius 3 is 2.84 bits per heavy atom. The number of cyclic esters (lactones) is 1. The molecule has 0 fully saturated rings. The second kappa shape index (κ2) is 4.33. The lowest BCUT2D eigenvalue weighted by Crippen LogP contribution is -2.10. The third-order valence-electron chi connectivity index (χ3n) is 3.35. The van der Waals surface area contributed by atoms with Crippen LogP contribution in [0.1, 0.15) is 33.3 Å². The molecule has 1 aliphatic heterocycles. The van der Waals surface area contributed by atoms with Crippen LogP contribution in [0.3, 0.4) is 0 Å². The Labute approximate surface area is 112 Å². The van der Waals surface area contributed by atoms with Crippen LogP contribution in [-0.4, -0.2) is 5.97 Å². The van der Waals surface area contributed by atoms with E-state index in [1.165, 1.54) is 11.1 Å². The van der Waals surface area contributed by atoms with Gasteiger partial charge in [0.25, 0.3) is 0 Å². The van der Waals surface area contributed by atoms with Crippen LogP contribution in [0.2, 0.25) is 0 Å². The maximum Gasteiger partial charge on any atom is 0.349 e. The highest BCUT2D eigenvalue weighted by molar-refractivity contribution is 5.93. The number of anilines is 1. The Balaban J connectivity index is 1.89. The van der Waals surface area contributed by atoms with E-state index in [0.717, 1.165) is 11.3 Å². The number of carbonyl (C=O) groups excluding carboxylic acids is 1. The molecule has 0 amide bonds. The molecule has 0 spiro atoms. The number of fused-ring (bicyclic) bond motifs is 1. The predicted molar refractivity (Wildman–Crippen MR) is 71.8 cm³/mol. The molecule has 1 aliphatic rings. The average molecular weight is 251 g/mol. The molecule has 2 aromatic rings. The van der Waals surface area contributed by atoms with Gasteiger partial charge in [-0.3, -0.25) is 0 Å². The first-order valence-corrected chi connectivity index (χ1v) is 6.12. The van der Waals surface area contributed by atoms with E-state index in [4.69, 9.17) is 4.74 Å². The molecule has 0 aromatic heterocycles. The topological polar surface area (TPSA) is 38.3 Å². The van der Waals surface area contributed by atoms with Crippen LogP contribution in [-0.2, 0) is 4.74 Å². The third kappa shape index (κ3) is 2.02. The van der Waals surface area contributed by atoms with Crippen molar-refractivity contribution in [3.05, 3.63) is 64.7 Å². The normalized spacial score (nSPS) is 16.5. The fourth-order valence-corrected chi connectivity index (χ4v) is 2.11. The summed E-state index contributed by atoms with van der Waals surface area (Å²) in [6.45, 7) is 4.12. The molecule has 0 saturated carbocycles. The van der Waals surface area contributed by atoms with Gasteiger partial charge in [-0.05, 0) is 49.2 Å². The van der Waals surface area contributed by atoms with E-state index in [2.05, 4.69) is 31.3 Å². The highest BCUT2D eigenvalue weighted by Crippen LogP contribution is 2.30. The summed E-state index contributed by atoms with van der Waals surface area (Å²) >= 11 is 0. The molecule has 0 saturated heterocycles. The van der Waals surface area contributed by atoms with Gasteiger partial charge in [0.05, 0.1) is 0 Å². The molecule has 0 aliphatic carbocycles. The van der Waals surface area contributed by atoms with Gasteiger partial charge in [0.15, 0.2) is 0 Å². The van der Waals surface area contributed by atoms with Crippen molar-refractivity contribution in [2.45, 2.75) is 20.1 Å². The molecule has 3 nitrogen and oxygen atoms in total. The van der Waals surface area contributed by atoms with Crippen molar-refractivity contribution in [2.75, 3.05) is 5.32 Å². The van der Waals surface area contributed by atoms with Gasteiger partial charge in [0.2, 0.25) is 6.23 Å². The standard InChI is InChI=1S/C16H13NO2/c1-10-7-8-12(9-11(10)2)17-15-13-5-3-4-6-14(13)16(18)19-15/h3,5,7-9,15,17H,1-2H3/t15-/m1/s1. The molecule has 0 unspecified atom stereocenters. The maximum absolute atomic E-state index is 11.7. The first kappa shape index (κ1) is 11.6. The molecule has 0 bridgehead atoms. The monoisotopic (exact) mass is 251 g/mol. The van der Waals surface area contributed by atoms with Crippen molar-refractivity contribution in [2.24, 2.45) is 0 Å². The molecule has 0 radical (unpaired) electrons. The predicted octanol–water partition coefficient (Wildman–Crippen LogP) is 3.18. The van der Waals surface area contributed by atoms with E-state index in [9.17, 15) is 4.79 Å². The Morgan fingerprint density at radius 1 is 1.21 bits per heavy atom. The zero-order valence-corrected chi connectivity index (χ0v) is 10.8. The number of nitrogens with one attached hydrogen (secondary N) is 1. The smallest absolute Gasteiger partial charge is 0.349 e. The Bertz CT molecular complexity index is 649. The van der Waals surface area contributed by atoms with E-state index in [-0.39, 0.29) is 5.97 Å². The first-order chi connectivity index (χ1) is 9.15. The van der Waals surface area contributed by atoms with Crippen LogP contribution in [0.4, 0.5) is 5.69 Å². The highest BCUT2D eigenvalue weighted by atomic mass is 16.6. The fraction of sp³-hybridized carbons (Fsp3) is 0.188. The molecule has 94 valence electrons. The van der Waals surface area contributed by atoms with E-state index in [0.29, 0.717) is 5.56 Å². The number of hydrogen-bond acceptors (Lipinski definition) is 3. The van der Waals surface area contributed by atoms with Gasteiger partial charge in [0.1, 0.15) is 5.56 Å². The molecule has 1 N–H and O–H groups in total. The second-order valence-corrected chi connectivity index (χ2v) is 4.66. The van der Waals surface area contributed by atoms with Crippen molar-refractivity contribution in [1.29, 1.82) is 0 Å². The van der Waals surface area contributed by atoms with Crippen LogP contribution in [0.5, 0.6) is 0 Å². The van der Waals surface area contributed by atoms with Crippen LogP contribution in [0, 0.1) is 26.0 Å². The van der Waals surface area contributed by atoms with Crippen LogP contribution in [0.25, 0.3) is 0 Å². The summed E-state index contributed by atoms with van der Waals surface area (Å²) in [5.41, 5.74) is 4.63. The minimum atomic E-state index is -0.449. The second-order valence-electron chi connectivity index (χ2n) is 4.66. The van der Waals surface area contributed by atoms with E-state index >= 15 is 0 Å². The number of ether oxygens (including phenoxy) is 1. The summed E-state index contributed by atoms with van der Waals surface area (Å²) in [4.78, 5) is 11.7. The van der Waals surface area contributed by atoms with E-state index < -0.39 is 6.23 Å². The van der Waals surface area contributed by atoms with Crippen molar-refractivity contribution in [1.82, 2.24) is 0 Å². The molecule has 19 heavy (non-hydrogen) atoms. The van der Waals surface area contributed by atoms with E-state index in [1.54, 1.807) is 6.07 Å². The maximum atomic E-state index is 11.7. The van der Waals surface area contributed by atoms with Crippen molar-refractivity contribution < 1.29 is 9.53 Å². The van der Waals surface area contributed by atoms with Gasteiger partial charge in [0, 0.05) is 11.3 Å². The van der Waals surface area contributed by atoms with Crippen molar-refractivity contribution in [3.8, 4) is 0 Å². The largest absolute Gasteiger partial charge is 0.433 e. The van der Waals surface area contributed by atoms with Crippen molar-refractivity contribution >= 4 is 11.7 Å². The fourth-order valence-electron chi connectivity index (χ4n) is 2.11. The molecule has 3 rings (SSSR count).